The molecule has 0 amide bonds. The normalized spacial score (nSPS) is 11.8. The van der Waals surface area contributed by atoms with E-state index in [0.29, 0.717) is 0 Å². The van der Waals surface area contributed by atoms with E-state index in [1.54, 1.807) is 0 Å². The highest BCUT2D eigenvalue weighted by Crippen LogP contribution is 2.09. The molecule has 1 N–H and O–H groups in total. The molecule has 0 bridgehead atoms. The molecule has 0 fully saturated rings. The van der Waals surface area contributed by atoms with Gasteiger partial charge < -0.3 is 5.32 Å². The lowest BCUT2D eigenvalue weighted by atomic mass is 10.0. The average molecular weight is 233 g/mol. The van der Waals surface area contributed by atoms with Crippen molar-refractivity contribution in [2.45, 2.75) is 58.9 Å². The van der Waals surface area contributed by atoms with Gasteiger partial charge in [0, 0.05) is 5.54 Å². The minimum atomic E-state index is 0.240. The number of benzene rings is 1. The van der Waals surface area contributed by atoms with Gasteiger partial charge in [0.15, 0.2) is 0 Å². The molecule has 0 aliphatic carbocycles. The van der Waals surface area contributed by atoms with Gasteiger partial charge in [-0.25, -0.2) is 0 Å². The van der Waals surface area contributed by atoms with Crippen LogP contribution in [0.1, 0.15) is 51.7 Å². The van der Waals surface area contributed by atoms with Crippen LogP contribution in [0.25, 0.3) is 0 Å². The lowest BCUT2D eigenvalue weighted by Crippen LogP contribution is -2.36. The van der Waals surface area contributed by atoms with E-state index in [2.05, 4.69) is 57.3 Å². The Kier molecular flexibility index (Phi) is 5.70. The molecule has 0 heterocycles. The summed E-state index contributed by atoms with van der Waals surface area (Å²) in [6.07, 6.45) is 4.83. The van der Waals surface area contributed by atoms with Crippen LogP contribution < -0.4 is 5.32 Å². The van der Waals surface area contributed by atoms with Crippen molar-refractivity contribution in [3.8, 4) is 0 Å². The molecule has 0 aliphatic rings. The summed E-state index contributed by atoms with van der Waals surface area (Å²) in [4.78, 5) is 0. The molecule has 0 saturated heterocycles. The molecule has 96 valence electrons. The smallest absolute Gasteiger partial charge is 0.00965 e. The van der Waals surface area contributed by atoms with Gasteiger partial charge in [-0.05, 0) is 57.7 Å². The van der Waals surface area contributed by atoms with Crippen molar-refractivity contribution >= 4 is 0 Å². The fourth-order valence-electron chi connectivity index (χ4n) is 1.99. The van der Waals surface area contributed by atoms with Crippen molar-refractivity contribution in [1.82, 2.24) is 5.32 Å². The Balaban J connectivity index is 2.34. The molecule has 0 saturated carbocycles. The second kappa shape index (κ2) is 6.80. The summed E-state index contributed by atoms with van der Waals surface area (Å²) < 4.78 is 0. The van der Waals surface area contributed by atoms with Gasteiger partial charge in [0.05, 0.1) is 0 Å². The molecule has 0 atom stereocenters. The first-order valence-corrected chi connectivity index (χ1v) is 6.84. The topological polar surface area (TPSA) is 12.0 Å². The largest absolute Gasteiger partial charge is 0.312 e. The van der Waals surface area contributed by atoms with Crippen LogP contribution in [-0.2, 0) is 12.8 Å². The van der Waals surface area contributed by atoms with Crippen molar-refractivity contribution in [2.75, 3.05) is 6.54 Å². The van der Waals surface area contributed by atoms with Crippen molar-refractivity contribution < 1.29 is 0 Å². The third-order valence-corrected chi connectivity index (χ3v) is 2.83. The van der Waals surface area contributed by atoms with Gasteiger partial charge in [0.25, 0.3) is 0 Å². The molecule has 0 radical (unpaired) electrons. The quantitative estimate of drug-likeness (QED) is 0.733. The number of rotatable bonds is 6. The van der Waals surface area contributed by atoms with Crippen LogP contribution in [0.5, 0.6) is 0 Å². The summed E-state index contributed by atoms with van der Waals surface area (Å²) in [5.41, 5.74) is 3.20. The van der Waals surface area contributed by atoms with Crippen molar-refractivity contribution in [1.29, 1.82) is 0 Å². The van der Waals surface area contributed by atoms with E-state index in [0.717, 1.165) is 6.54 Å². The minimum Gasteiger partial charge on any atom is -0.312 e. The molecule has 0 aromatic heterocycles. The van der Waals surface area contributed by atoms with Crippen LogP contribution in [0.2, 0.25) is 0 Å². The Morgan fingerprint density at radius 3 is 2.29 bits per heavy atom. The molecule has 1 heteroatoms. The molecule has 0 spiro atoms. The highest BCUT2D eigenvalue weighted by molar-refractivity contribution is 5.23. The predicted molar refractivity (Wildman–Crippen MR) is 76.5 cm³/mol. The maximum atomic E-state index is 3.53. The van der Waals surface area contributed by atoms with Crippen molar-refractivity contribution in [3.63, 3.8) is 0 Å². The first-order chi connectivity index (χ1) is 8.01. The lowest BCUT2D eigenvalue weighted by Gasteiger charge is -2.20. The van der Waals surface area contributed by atoms with Crippen molar-refractivity contribution in [2.24, 2.45) is 0 Å². The molecule has 0 aliphatic heterocycles. The summed E-state index contributed by atoms with van der Waals surface area (Å²) in [7, 11) is 0. The van der Waals surface area contributed by atoms with E-state index >= 15 is 0 Å². The van der Waals surface area contributed by atoms with Crippen LogP contribution in [0.3, 0.4) is 0 Å². The highest BCUT2D eigenvalue weighted by Gasteiger charge is 2.07. The zero-order valence-electron chi connectivity index (χ0n) is 11.8. The Bertz CT molecular complexity index is 323. The molecular weight excluding hydrogens is 206 g/mol. The van der Waals surface area contributed by atoms with Crippen LogP contribution >= 0.6 is 0 Å². The van der Waals surface area contributed by atoms with Gasteiger partial charge in [-0.1, -0.05) is 37.6 Å². The van der Waals surface area contributed by atoms with Crippen LogP contribution in [0.15, 0.2) is 24.3 Å². The van der Waals surface area contributed by atoms with Gasteiger partial charge in [-0.3, -0.25) is 0 Å². The van der Waals surface area contributed by atoms with Gasteiger partial charge in [-0.15, -0.1) is 0 Å². The number of nitrogens with one attached hydrogen (secondary N) is 1. The maximum Gasteiger partial charge on any atom is 0.00965 e. The Morgan fingerprint density at radius 2 is 1.71 bits per heavy atom. The molecule has 1 aromatic rings. The van der Waals surface area contributed by atoms with Gasteiger partial charge >= 0.3 is 0 Å². The Hall–Kier alpha value is -0.820. The van der Waals surface area contributed by atoms with E-state index in [-0.39, 0.29) is 5.54 Å². The minimum absolute atomic E-state index is 0.240. The molecule has 17 heavy (non-hydrogen) atoms. The molecule has 0 unspecified atom stereocenters. The van der Waals surface area contributed by atoms with Gasteiger partial charge in [0.2, 0.25) is 0 Å². The number of aryl methyl sites for hydroxylation is 2. The molecule has 1 rings (SSSR count). The zero-order chi connectivity index (χ0) is 12.7. The van der Waals surface area contributed by atoms with Crippen LogP contribution in [0.4, 0.5) is 0 Å². The SMILES string of the molecule is CCCc1cccc(CCCNC(C)(C)C)c1. The summed E-state index contributed by atoms with van der Waals surface area (Å²) in [5.74, 6) is 0. The van der Waals surface area contributed by atoms with Crippen LogP contribution in [0, 0.1) is 0 Å². The highest BCUT2D eigenvalue weighted by atomic mass is 14.9. The summed E-state index contributed by atoms with van der Waals surface area (Å²) >= 11 is 0. The van der Waals surface area contributed by atoms with Crippen LogP contribution in [-0.4, -0.2) is 12.1 Å². The number of hydrogen-bond acceptors (Lipinski definition) is 1. The first kappa shape index (κ1) is 14.2. The monoisotopic (exact) mass is 233 g/mol. The second-order valence-electron chi connectivity index (χ2n) is 5.85. The maximum absolute atomic E-state index is 3.53. The summed E-state index contributed by atoms with van der Waals surface area (Å²) in [6.45, 7) is 9.99. The molecule has 1 aromatic carbocycles. The third-order valence-electron chi connectivity index (χ3n) is 2.83. The van der Waals surface area contributed by atoms with E-state index < -0.39 is 0 Å². The average Bonchev–Trinajstić information content (AvgIpc) is 2.24. The lowest BCUT2D eigenvalue weighted by molar-refractivity contribution is 0.422. The molecular formula is C16H27N. The van der Waals surface area contributed by atoms with E-state index in [1.807, 2.05) is 0 Å². The number of hydrogen-bond donors (Lipinski definition) is 1. The third kappa shape index (κ3) is 6.48. The predicted octanol–water partition coefficient (Wildman–Crippen LogP) is 3.96. The van der Waals surface area contributed by atoms with Gasteiger partial charge in [0.1, 0.15) is 0 Å². The van der Waals surface area contributed by atoms with E-state index in [4.69, 9.17) is 0 Å². The summed E-state index contributed by atoms with van der Waals surface area (Å²) in [5, 5.41) is 3.53. The van der Waals surface area contributed by atoms with E-state index in [1.165, 1.54) is 36.8 Å². The Labute approximate surface area is 107 Å². The zero-order valence-corrected chi connectivity index (χ0v) is 11.8. The standard InChI is InChI=1S/C16H27N/c1-5-8-14-9-6-10-15(13-14)11-7-12-17-16(2,3)4/h6,9-10,13,17H,5,7-8,11-12H2,1-4H3. The fourth-order valence-corrected chi connectivity index (χ4v) is 1.99. The summed E-state index contributed by atoms with van der Waals surface area (Å²) in [6, 6.07) is 9.04. The van der Waals surface area contributed by atoms with Crippen molar-refractivity contribution in [3.05, 3.63) is 35.4 Å². The second-order valence-corrected chi connectivity index (χ2v) is 5.85. The fraction of sp³-hybridized carbons (Fsp3) is 0.625. The van der Waals surface area contributed by atoms with E-state index in [9.17, 15) is 0 Å². The first-order valence-electron chi connectivity index (χ1n) is 6.84. The molecule has 1 nitrogen and oxygen atoms in total. The van der Waals surface area contributed by atoms with Gasteiger partial charge in [-0.2, -0.15) is 0 Å². The Morgan fingerprint density at radius 1 is 1.06 bits per heavy atom.